The summed E-state index contributed by atoms with van der Waals surface area (Å²) in [6, 6.07) is 15.3. The number of hydrogen-bond donors (Lipinski definition) is 2. The van der Waals surface area contributed by atoms with Crippen molar-refractivity contribution < 1.29 is 9.53 Å². The first-order valence-corrected chi connectivity index (χ1v) is 12.0. The van der Waals surface area contributed by atoms with Gasteiger partial charge in [0.05, 0.1) is 23.6 Å². The van der Waals surface area contributed by atoms with E-state index in [-0.39, 0.29) is 17.6 Å². The molecule has 1 amide bonds. The number of carbonyl (C=O) groups excluding carboxylic acids is 1. The van der Waals surface area contributed by atoms with Crippen molar-refractivity contribution in [2.24, 2.45) is 0 Å². The summed E-state index contributed by atoms with van der Waals surface area (Å²) in [5.74, 6) is 1.58. The molecule has 3 aromatic rings. The van der Waals surface area contributed by atoms with Crippen molar-refractivity contribution in [3.63, 3.8) is 0 Å². The van der Waals surface area contributed by atoms with Crippen LogP contribution in [-0.2, 0) is 17.0 Å². The Bertz CT molecular complexity index is 1170. The molecule has 1 aromatic heterocycles. The second kappa shape index (κ2) is 10.3. The van der Waals surface area contributed by atoms with Gasteiger partial charge in [0.2, 0.25) is 0 Å². The highest BCUT2D eigenvalue weighted by molar-refractivity contribution is 7.98. The number of thioether (sulfide) groups is 1. The molecule has 0 saturated carbocycles. The molecule has 0 aliphatic carbocycles. The van der Waals surface area contributed by atoms with Crippen LogP contribution in [0.1, 0.15) is 28.8 Å². The van der Waals surface area contributed by atoms with E-state index in [1.807, 2.05) is 18.2 Å². The van der Waals surface area contributed by atoms with Crippen LogP contribution in [0.15, 0.2) is 53.3 Å². The zero-order valence-electron chi connectivity index (χ0n) is 17.1. The molecular formula is C23H25N3O3S2. The fourth-order valence-electron chi connectivity index (χ4n) is 3.66. The average molecular weight is 456 g/mol. The molecular weight excluding hydrogens is 430 g/mol. The number of carbonyl (C=O) groups is 1. The number of H-pyrrole nitrogens is 1. The first kappa shape index (κ1) is 21.8. The minimum absolute atomic E-state index is 0.0232. The summed E-state index contributed by atoms with van der Waals surface area (Å²) in [5.41, 5.74) is 2.19. The van der Waals surface area contributed by atoms with Gasteiger partial charge in [-0.15, -0.1) is 0 Å². The molecule has 31 heavy (non-hydrogen) atoms. The fourth-order valence-corrected chi connectivity index (χ4v) is 4.74. The maximum absolute atomic E-state index is 12.9. The molecule has 2 aromatic carbocycles. The summed E-state index contributed by atoms with van der Waals surface area (Å²) in [6.45, 7) is 1.76. The van der Waals surface area contributed by atoms with Gasteiger partial charge in [-0.25, -0.2) is 0 Å². The van der Waals surface area contributed by atoms with E-state index >= 15 is 0 Å². The van der Waals surface area contributed by atoms with Gasteiger partial charge in [-0.3, -0.25) is 14.2 Å². The number of fused-ring (bicyclic) bond motifs is 1. The smallest absolute Gasteiger partial charge is 0.262 e. The zero-order chi connectivity index (χ0) is 21.6. The third kappa shape index (κ3) is 5.44. The Labute approximate surface area is 190 Å². The number of rotatable bonds is 8. The van der Waals surface area contributed by atoms with Gasteiger partial charge in [0.25, 0.3) is 11.5 Å². The molecule has 2 N–H and O–H groups in total. The highest BCUT2D eigenvalue weighted by Gasteiger charge is 2.18. The number of benzene rings is 2. The van der Waals surface area contributed by atoms with Crippen LogP contribution in [0.2, 0.25) is 0 Å². The van der Waals surface area contributed by atoms with Gasteiger partial charge >= 0.3 is 0 Å². The summed E-state index contributed by atoms with van der Waals surface area (Å²) in [6.07, 6.45) is 1.96. The van der Waals surface area contributed by atoms with E-state index in [9.17, 15) is 9.59 Å². The van der Waals surface area contributed by atoms with Crippen LogP contribution in [0.5, 0.6) is 0 Å². The van der Waals surface area contributed by atoms with Gasteiger partial charge in [0.1, 0.15) is 0 Å². The predicted molar refractivity (Wildman–Crippen MR) is 127 cm³/mol. The fraction of sp³-hybridized carbons (Fsp3) is 0.348. The predicted octanol–water partition coefficient (Wildman–Crippen LogP) is 3.90. The molecule has 0 spiro atoms. The second-order valence-electron chi connectivity index (χ2n) is 7.54. The number of ether oxygens (including phenoxy) is 1. The molecule has 4 rings (SSSR count). The third-order valence-corrected chi connectivity index (χ3v) is 6.65. The Kier molecular flexibility index (Phi) is 7.21. The lowest BCUT2D eigenvalue weighted by Gasteiger charge is -2.13. The monoisotopic (exact) mass is 455 g/mol. The maximum atomic E-state index is 12.9. The molecule has 2 heterocycles. The number of nitrogens with one attached hydrogen (secondary N) is 2. The van der Waals surface area contributed by atoms with Gasteiger partial charge in [-0.05, 0) is 48.8 Å². The number of nitrogens with zero attached hydrogens (tertiary/aromatic N) is 1. The van der Waals surface area contributed by atoms with E-state index in [1.54, 1.807) is 34.5 Å². The van der Waals surface area contributed by atoms with Gasteiger partial charge < -0.3 is 15.0 Å². The summed E-state index contributed by atoms with van der Waals surface area (Å²) in [4.78, 5) is 28.5. The van der Waals surface area contributed by atoms with Crippen molar-refractivity contribution in [2.45, 2.75) is 31.2 Å². The average Bonchev–Trinajstić information content (AvgIpc) is 3.30. The molecule has 0 unspecified atom stereocenters. The first-order chi connectivity index (χ1) is 15.1. The molecule has 1 aliphatic heterocycles. The Morgan fingerprint density at radius 1 is 1.26 bits per heavy atom. The molecule has 1 aliphatic rings. The van der Waals surface area contributed by atoms with Crippen LogP contribution < -0.4 is 10.9 Å². The topological polar surface area (TPSA) is 76.1 Å². The van der Waals surface area contributed by atoms with E-state index in [1.165, 1.54) is 5.56 Å². The number of hydrogen-bond acceptors (Lipinski definition) is 5. The van der Waals surface area contributed by atoms with E-state index in [2.05, 4.69) is 22.4 Å². The van der Waals surface area contributed by atoms with Crippen molar-refractivity contribution in [1.29, 1.82) is 0 Å². The standard InChI is InChI=1S/C23H25N3O3S2/c27-21(24-10-12-31-15-16-5-2-1-3-6-16)17-8-9-19-20(13-17)25-23(30)26(22(19)28)14-18-7-4-11-29-18/h1-3,5-6,8-9,13,18H,4,7,10-12,14-15H2,(H,24,27)(H,25,30)/t18-/m0/s1. The summed E-state index contributed by atoms with van der Waals surface area (Å²) < 4.78 is 7.54. The SMILES string of the molecule is O=C(NCCSCc1ccccc1)c1ccc2c(=O)n(C[C@@H]3CCCO3)c(=S)[nH]c2c1. The molecule has 8 heteroatoms. The van der Waals surface area contributed by atoms with Gasteiger partial charge in [-0.1, -0.05) is 30.3 Å². The molecule has 1 fully saturated rings. The normalized spacial score (nSPS) is 15.9. The van der Waals surface area contributed by atoms with Crippen molar-refractivity contribution in [3.8, 4) is 0 Å². The minimum atomic E-state index is -0.162. The number of aromatic nitrogens is 2. The van der Waals surface area contributed by atoms with Crippen LogP contribution >= 0.6 is 24.0 Å². The van der Waals surface area contributed by atoms with Crippen molar-refractivity contribution >= 4 is 40.8 Å². The van der Waals surface area contributed by atoms with E-state index in [0.29, 0.717) is 34.3 Å². The Balaban J connectivity index is 1.38. The number of aromatic amines is 1. The van der Waals surface area contributed by atoms with E-state index < -0.39 is 0 Å². The molecule has 0 radical (unpaired) electrons. The van der Waals surface area contributed by atoms with Crippen LogP contribution in [0, 0.1) is 4.77 Å². The maximum Gasteiger partial charge on any atom is 0.262 e. The van der Waals surface area contributed by atoms with Crippen molar-refractivity contribution in [3.05, 3.63) is 74.8 Å². The van der Waals surface area contributed by atoms with Crippen molar-refractivity contribution in [2.75, 3.05) is 18.9 Å². The van der Waals surface area contributed by atoms with E-state index in [4.69, 9.17) is 17.0 Å². The first-order valence-electron chi connectivity index (χ1n) is 10.4. The minimum Gasteiger partial charge on any atom is -0.376 e. The summed E-state index contributed by atoms with van der Waals surface area (Å²) >= 11 is 7.17. The lowest BCUT2D eigenvalue weighted by atomic mass is 10.1. The number of amides is 1. The van der Waals surface area contributed by atoms with E-state index in [0.717, 1.165) is 31.0 Å². The summed E-state index contributed by atoms with van der Waals surface area (Å²) in [5, 5.41) is 3.45. The highest BCUT2D eigenvalue weighted by atomic mass is 32.2. The largest absolute Gasteiger partial charge is 0.376 e. The van der Waals surface area contributed by atoms with Gasteiger partial charge in [0.15, 0.2) is 4.77 Å². The van der Waals surface area contributed by atoms with Gasteiger partial charge in [-0.2, -0.15) is 11.8 Å². The van der Waals surface area contributed by atoms with Crippen LogP contribution in [0.25, 0.3) is 10.9 Å². The molecule has 162 valence electrons. The van der Waals surface area contributed by atoms with Crippen LogP contribution in [0.3, 0.4) is 0 Å². The Morgan fingerprint density at radius 3 is 2.87 bits per heavy atom. The summed E-state index contributed by atoms with van der Waals surface area (Å²) in [7, 11) is 0. The van der Waals surface area contributed by atoms with Crippen molar-refractivity contribution in [1.82, 2.24) is 14.9 Å². The van der Waals surface area contributed by atoms with Gasteiger partial charge in [0, 0.05) is 30.2 Å². The third-order valence-electron chi connectivity index (χ3n) is 5.30. The molecule has 6 nitrogen and oxygen atoms in total. The zero-order valence-corrected chi connectivity index (χ0v) is 18.8. The molecule has 0 bridgehead atoms. The quantitative estimate of drug-likeness (QED) is 0.398. The van der Waals surface area contributed by atoms with Crippen LogP contribution in [-0.4, -0.2) is 40.5 Å². The Hall–Kier alpha value is -2.42. The highest BCUT2D eigenvalue weighted by Crippen LogP contribution is 2.16. The Morgan fingerprint density at radius 2 is 2.10 bits per heavy atom. The molecule has 1 atom stereocenters. The molecule has 1 saturated heterocycles. The lowest BCUT2D eigenvalue weighted by Crippen LogP contribution is -2.28. The second-order valence-corrected chi connectivity index (χ2v) is 9.03. The van der Waals surface area contributed by atoms with Crippen LogP contribution in [0.4, 0.5) is 0 Å². The lowest BCUT2D eigenvalue weighted by molar-refractivity contribution is 0.0954.